The smallest absolute Gasteiger partial charge is 0.264 e. The van der Waals surface area contributed by atoms with E-state index in [1.807, 2.05) is 98.8 Å². The van der Waals surface area contributed by atoms with Gasteiger partial charge in [-0.3, -0.25) is 13.9 Å². The zero-order valence-corrected chi connectivity index (χ0v) is 30.4. The van der Waals surface area contributed by atoms with E-state index in [0.29, 0.717) is 17.9 Å². The van der Waals surface area contributed by atoms with Crippen LogP contribution in [0.1, 0.15) is 31.4 Å². The average Bonchev–Trinajstić information content (AvgIpc) is 3.13. The first-order chi connectivity index (χ1) is 24.1. The highest BCUT2D eigenvalue weighted by Gasteiger charge is 2.35. The highest BCUT2D eigenvalue weighted by molar-refractivity contribution is 9.10. The molecule has 5 aromatic carbocycles. The second-order valence-electron chi connectivity index (χ2n) is 11.9. The quantitative estimate of drug-likeness (QED) is 0.117. The summed E-state index contributed by atoms with van der Waals surface area (Å²) in [5, 5.41) is 3.06. The number of nitrogens with one attached hydrogen (secondary N) is 1. The van der Waals surface area contributed by atoms with Gasteiger partial charge in [-0.25, -0.2) is 8.42 Å². The lowest BCUT2D eigenvalue weighted by Gasteiger charge is -2.34. The second-order valence-corrected chi connectivity index (χ2v) is 14.7. The molecule has 8 nitrogen and oxygen atoms in total. The van der Waals surface area contributed by atoms with Crippen LogP contribution < -0.4 is 14.4 Å². The van der Waals surface area contributed by atoms with E-state index in [1.165, 1.54) is 17.0 Å². The number of hydrogen-bond acceptors (Lipinski definition) is 5. The minimum absolute atomic E-state index is 0.0336. The van der Waals surface area contributed by atoms with Crippen molar-refractivity contribution in [1.82, 2.24) is 10.2 Å². The molecule has 1 N–H and O–H groups in total. The Morgan fingerprint density at radius 2 is 1.34 bits per heavy atom. The largest absolute Gasteiger partial charge is 0.457 e. The summed E-state index contributed by atoms with van der Waals surface area (Å²) in [5.41, 5.74) is 1.92. The summed E-state index contributed by atoms with van der Waals surface area (Å²) in [6.07, 6.45) is 0.941. The maximum Gasteiger partial charge on any atom is 0.264 e. The molecule has 2 amide bonds. The van der Waals surface area contributed by atoms with Crippen LogP contribution in [-0.2, 0) is 32.6 Å². The standard InChI is InChI=1S/C40H40BrN3O5S/c1-3-30(2)42-40(46)38(27-31-14-7-4-8-15-31)43(28-32-16-13-17-33(41)26-32)39(45)29-44(50(47,48)37-20-11-6-12-21-37)34-22-24-36(25-23-34)49-35-18-9-5-10-19-35/h4-26,30,38H,3,27-29H2,1-2H3,(H,42,46)/t30-,38-/m1/s1. The topological polar surface area (TPSA) is 96.0 Å². The van der Waals surface area contributed by atoms with Crippen LogP contribution in [0.5, 0.6) is 11.5 Å². The van der Waals surface area contributed by atoms with E-state index in [4.69, 9.17) is 4.74 Å². The summed E-state index contributed by atoms with van der Waals surface area (Å²) in [7, 11) is -4.22. The van der Waals surface area contributed by atoms with Crippen LogP contribution in [0.2, 0.25) is 0 Å². The van der Waals surface area contributed by atoms with Crippen molar-refractivity contribution < 1.29 is 22.7 Å². The van der Waals surface area contributed by atoms with Gasteiger partial charge in [0.05, 0.1) is 10.6 Å². The minimum atomic E-state index is -4.22. The lowest BCUT2D eigenvalue weighted by Crippen LogP contribution is -2.54. The van der Waals surface area contributed by atoms with Crippen LogP contribution in [0.15, 0.2) is 149 Å². The highest BCUT2D eigenvalue weighted by Crippen LogP contribution is 2.29. The van der Waals surface area contributed by atoms with Gasteiger partial charge >= 0.3 is 0 Å². The molecule has 0 saturated heterocycles. The molecule has 2 atom stereocenters. The minimum Gasteiger partial charge on any atom is -0.457 e. The van der Waals surface area contributed by atoms with Crippen LogP contribution in [0.4, 0.5) is 5.69 Å². The molecule has 0 bridgehead atoms. The second kappa shape index (κ2) is 17.1. The van der Waals surface area contributed by atoms with Crippen molar-refractivity contribution in [1.29, 1.82) is 0 Å². The number of rotatable bonds is 15. The predicted molar refractivity (Wildman–Crippen MR) is 200 cm³/mol. The Kier molecular flexibility index (Phi) is 12.5. The molecule has 0 radical (unpaired) electrons. The first-order valence-corrected chi connectivity index (χ1v) is 18.7. The third-order valence-corrected chi connectivity index (χ3v) is 10.5. The van der Waals surface area contributed by atoms with Gasteiger partial charge in [0.1, 0.15) is 24.1 Å². The Morgan fingerprint density at radius 3 is 1.96 bits per heavy atom. The third-order valence-electron chi connectivity index (χ3n) is 8.23. The van der Waals surface area contributed by atoms with Gasteiger partial charge in [-0.05, 0) is 85.1 Å². The van der Waals surface area contributed by atoms with Gasteiger partial charge < -0.3 is 15.0 Å². The number of carbonyl (C=O) groups is 2. The highest BCUT2D eigenvalue weighted by atomic mass is 79.9. The molecule has 5 aromatic rings. The molecule has 0 aliphatic heterocycles. The van der Waals surface area contributed by atoms with Crippen molar-refractivity contribution in [3.63, 3.8) is 0 Å². The van der Waals surface area contributed by atoms with Crippen molar-refractivity contribution >= 4 is 43.5 Å². The van der Waals surface area contributed by atoms with E-state index in [9.17, 15) is 18.0 Å². The molecule has 0 spiro atoms. The molecule has 0 saturated carbocycles. The van der Waals surface area contributed by atoms with Crippen LogP contribution in [0, 0.1) is 0 Å². The maximum absolute atomic E-state index is 14.7. The number of benzene rings is 5. The van der Waals surface area contributed by atoms with Crippen molar-refractivity contribution in [2.24, 2.45) is 0 Å². The van der Waals surface area contributed by atoms with Gasteiger partial charge in [0.15, 0.2) is 0 Å². The Bertz CT molecular complexity index is 1960. The molecule has 0 aliphatic carbocycles. The zero-order valence-electron chi connectivity index (χ0n) is 28.0. The first-order valence-electron chi connectivity index (χ1n) is 16.4. The lowest BCUT2D eigenvalue weighted by molar-refractivity contribution is -0.140. The van der Waals surface area contributed by atoms with Gasteiger partial charge in [-0.1, -0.05) is 102 Å². The van der Waals surface area contributed by atoms with Crippen molar-refractivity contribution in [2.75, 3.05) is 10.8 Å². The molecule has 0 aliphatic rings. The number of para-hydroxylation sites is 1. The van der Waals surface area contributed by atoms with E-state index >= 15 is 0 Å². The van der Waals surface area contributed by atoms with Gasteiger partial charge in [0.2, 0.25) is 11.8 Å². The van der Waals surface area contributed by atoms with Crippen molar-refractivity contribution in [3.8, 4) is 11.5 Å². The number of carbonyl (C=O) groups excluding carboxylic acids is 2. The summed E-state index contributed by atoms with van der Waals surface area (Å²) in [6, 6.07) is 39.7. The Balaban J connectivity index is 1.55. The number of amides is 2. The summed E-state index contributed by atoms with van der Waals surface area (Å²) < 4.78 is 36.4. The molecule has 0 heterocycles. The van der Waals surface area contributed by atoms with Gasteiger partial charge in [-0.15, -0.1) is 0 Å². The van der Waals surface area contributed by atoms with Crippen LogP contribution >= 0.6 is 15.9 Å². The summed E-state index contributed by atoms with van der Waals surface area (Å²) in [5.74, 6) is 0.289. The molecule has 258 valence electrons. The Labute approximate surface area is 302 Å². The number of ether oxygens (including phenoxy) is 1. The maximum atomic E-state index is 14.7. The summed E-state index contributed by atoms with van der Waals surface area (Å²) in [6.45, 7) is 3.42. The average molecular weight is 755 g/mol. The zero-order chi connectivity index (χ0) is 35.5. The third kappa shape index (κ3) is 9.61. The van der Waals surface area contributed by atoms with E-state index in [2.05, 4.69) is 21.2 Å². The van der Waals surface area contributed by atoms with Crippen molar-refractivity contribution in [3.05, 3.63) is 155 Å². The van der Waals surface area contributed by atoms with Gasteiger partial charge in [0.25, 0.3) is 10.0 Å². The monoisotopic (exact) mass is 753 g/mol. The number of hydrogen-bond donors (Lipinski definition) is 1. The Hall–Kier alpha value is -4.93. The fourth-order valence-corrected chi connectivity index (χ4v) is 7.26. The van der Waals surface area contributed by atoms with E-state index in [-0.39, 0.29) is 35.5 Å². The van der Waals surface area contributed by atoms with E-state index in [1.54, 1.807) is 42.5 Å². The fraction of sp³-hybridized carbons (Fsp3) is 0.200. The number of nitrogens with zero attached hydrogens (tertiary/aromatic N) is 2. The van der Waals surface area contributed by atoms with Crippen LogP contribution in [0.3, 0.4) is 0 Å². The first kappa shape index (κ1) is 36.4. The molecule has 0 unspecified atom stereocenters. The van der Waals surface area contributed by atoms with Crippen LogP contribution in [0.25, 0.3) is 0 Å². The predicted octanol–water partition coefficient (Wildman–Crippen LogP) is 7.99. The lowest BCUT2D eigenvalue weighted by atomic mass is 10.0. The molecule has 5 rings (SSSR count). The molecule has 0 aromatic heterocycles. The summed E-state index contributed by atoms with van der Waals surface area (Å²) in [4.78, 5) is 30.2. The molecule has 10 heteroatoms. The fourth-order valence-electron chi connectivity index (χ4n) is 5.38. The summed E-state index contributed by atoms with van der Waals surface area (Å²) >= 11 is 3.52. The van der Waals surface area contributed by atoms with Crippen LogP contribution in [-0.4, -0.2) is 43.8 Å². The number of sulfonamides is 1. The van der Waals surface area contributed by atoms with Crippen molar-refractivity contribution in [2.45, 2.75) is 50.2 Å². The van der Waals surface area contributed by atoms with Gasteiger partial charge in [-0.2, -0.15) is 0 Å². The Morgan fingerprint density at radius 1 is 0.760 bits per heavy atom. The number of halogens is 1. The van der Waals surface area contributed by atoms with E-state index in [0.717, 1.165) is 19.9 Å². The normalized spacial score (nSPS) is 12.4. The number of anilines is 1. The van der Waals surface area contributed by atoms with E-state index < -0.39 is 28.5 Å². The molecule has 50 heavy (non-hydrogen) atoms. The SMILES string of the molecule is CC[C@@H](C)NC(=O)[C@@H](Cc1ccccc1)N(Cc1cccc(Br)c1)C(=O)CN(c1ccc(Oc2ccccc2)cc1)S(=O)(=O)c1ccccc1. The molecular weight excluding hydrogens is 714 g/mol. The molecular formula is C40H40BrN3O5S. The molecule has 0 fully saturated rings. The van der Waals surface area contributed by atoms with Gasteiger partial charge in [0, 0.05) is 23.5 Å².